The van der Waals surface area contributed by atoms with Gasteiger partial charge in [0.05, 0.1) is 10.5 Å². The van der Waals surface area contributed by atoms with E-state index in [-0.39, 0.29) is 0 Å². The van der Waals surface area contributed by atoms with Crippen LogP contribution in [0.25, 0.3) is 10.9 Å². The maximum Gasteiger partial charge on any atom is 0.0749 e. The van der Waals surface area contributed by atoms with Crippen LogP contribution in [0.4, 0.5) is 0 Å². The van der Waals surface area contributed by atoms with E-state index < -0.39 is 0 Å². The quantitative estimate of drug-likeness (QED) is 0.621. The Kier molecular flexibility index (Phi) is 1.97. The molecule has 0 amide bonds. The molecular formula is C11H9ClN. The average Bonchev–Trinajstić information content (AvgIpc) is 2.12. The number of aryl methyl sites for hydroxylation is 2. The molecule has 1 heterocycles. The Labute approximate surface area is 82.4 Å². The highest BCUT2D eigenvalue weighted by molar-refractivity contribution is 6.35. The molecule has 1 aromatic carbocycles. The second-order valence-electron chi connectivity index (χ2n) is 3.12. The molecule has 1 nitrogen and oxygen atoms in total. The lowest BCUT2D eigenvalue weighted by Crippen LogP contribution is -1.87. The molecule has 0 saturated carbocycles. The van der Waals surface area contributed by atoms with Gasteiger partial charge in [-0.25, -0.2) is 0 Å². The van der Waals surface area contributed by atoms with Crippen molar-refractivity contribution in [2.24, 2.45) is 0 Å². The fourth-order valence-electron chi connectivity index (χ4n) is 1.38. The van der Waals surface area contributed by atoms with Crippen LogP contribution in [0.5, 0.6) is 0 Å². The fourth-order valence-corrected chi connectivity index (χ4v) is 1.58. The van der Waals surface area contributed by atoms with Crippen LogP contribution in [-0.4, -0.2) is 4.98 Å². The van der Waals surface area contributed by atoms with Crippen molar-refractivity contribution in [1.82, 2.24) is 4.98 Å². The lowest BCUT2D eigenvalue weighted by molar-refractivity contribution is 1.31. The van der Waals surface area contributed by atoms with Crippen molar-refractivity contribution in [3.05, 3.63) is 40.5 Å². The first kappa shape index (κ1) is 8.52. The van der Waals surface area contributed by atoms with E-state index in [0.717, 1.165) is 10.9 Å². The highest BCUT2D eigenvalue weighted by atomic mass is 35.5. The third kappa shape index (κ3) is 1.29. The lowest BCUT2D eigenvalue weighted by Gasteiger charge is -2.04. The summed E-state index contributed by atoms with van der Waals surface area (Å²) in [7, 11) is 0. The van der Waals surface area contributed by atoms with Crippen LogP contribution >= 0.6 is 11.6 Å². The molecule has 0 fully saturated rings. The average molecular weight is 191 g/mol. The maximum absolute atomic E-state index is 5.99. The summed E-state index contributed by atoms with van der Waals surface area (Å²) in [4.78, 5) is 4.26. The van der Waals surface area contributed by atoms with Crippen LogP contribution < -0.4 is 0 Å². The van der Waals surface area contributed by atoms with E-state index in [1.807, 2.05) is 6.07 Å². The molecule has 0 aliphatic rings. The zero-order valence-electron chi connectivity index (χ0n) is 7.56. The molecule has 0 saturated heterocycles. The number of aromatic nitrogens is 1. The zero-order chi connectivity index (χ0) is 9.42. The molecule has 2 rings (SSSR count). The van der Waals surface area contributed by atoms with Gasteiger partial charge in [-0.15, -0.1) is 0 Å². The number of rotatable bonds is 0. The largest absolute Gasteiger partial charge is 0.255 e. The summed E-state index contributed by atoms with van der Waals surface area (Å²) in [6, 6.07) is 6.92. The first-order valence-corrected chi connectivity index (χ1v) is 4.50. The molecule has 0 aliphatic heterocycles. The van der Waals surface area contributed by atoms with Crippen LogP contribution in [0.3, 0.4) is 0 Å². The van der Waals surface area contributed by atoms with Crippen LogP contribution in [-0.2, 0) is 0 Å². The Morgan fingerprint density at radius 2 is 2.08 bits per heavy atom. The van der Waals surface area contributed by atoms with Gasteiger partial charge in [0.1, 0.15) is 0 Å². The van der Waals surface area contributed by atoms with E-state index in [2.05, 4.69) is 31.0 Å². The van der Waals surface area contributed by atoms with Crippen LogP contribution in [0.2, 0.25) is 5.02 Å². The summed E-state index contributed by atoms with van der Waals surface area (Å²) in [6.45, 7) is 4.13. The minimum atomic E-state index is 0.646. The second kappa shape index (κ2) is 3.00. The third-order valence-corrected chi connectivity index (χ3v) is 2.64. The van der Waals surface area contributed by atoms with E-state index in [4.69, 9.17) is 11.6 Å². The van der Waals surface area contributed by atoms with Gasteiger partial charge in [0, 0.05) is 17.6 Å². The Balaban J connectivity index is 2.94. The molecule has 0 bridgehead atoms. The molecule has 0 N–H and O–H groups in total. The number of hydrogen-bond acceptors (Lipinski definition) is 1. The van der Waals surface area contributed by atoms with E-state index in [1.165, 1.54) is 11.1 Å². The van der Waals surface area contributed by atoms with Crippen molar-refractivity contribution >= 4 is 22.5 Å². The lowest BCUT2D eigenvalue weighted by atomic mass is 10.1. The zero-order valence-corrected chi connectivity index (χ0v) is 8.31. The molecule has 0 spiro atoms. The first-order valence-electron chi connectivity index (χ1n) is 4.12. The summed E-state index contributed by atoms with van der Waals surface area (Å²) < 4.78 is 0. The first-order chi connectivity index (χ1) is 6.20. The van der Waals surface area contributed by atoms with Crippen molar-refractivity contribution in [3.8, 4) is 0 Å². The van der Waals surface area contributed by atoms with Crippen molar-refractivity contribution < 1.29 is 0 Å². The van der Waals surface area contributed by atoms with E-state index in [1.54, 1.807) is 6.20 Å². The summed E-state index contributed by atoms with van der Waals surface area (Å²) in [5.41, 5.74) is 3.40. The normalized spacial score (nSPS) is 10.7. The van der Waals surface area contributed by atoms with Crippen LogP contribution in [0.1, 0.15) is 11.1 Å². The van der Waals surface area contributed by atoms with Gasteiger partial charge < -0.3 is 0 Å². The fraction of sp³-hybridized carbons (Fsp3) is 0.182. The Hall–Kier alpha value is -1.08. The van der Waals surface area contributed by atoms with Crippen molar-refractivity contribution in [2.75, 3.05) is 0 Å². The van der Waals surface area contributed by atoms with Gasteiger partial charge in [0.15, 0.2) is 0 Å². The number of nitrogens with zero attached hydrogens (tertiary/aromatic N) is 1. The highest BCUT2D eigenvalue weighted by Crippen LogP contribution is 2.24. The van der Waals surface area contributed by atoms with E-state index in [9.17, 15) is 0 Å². The molecule has 2 aromatic rings. The smallest absolute Gasteiger partial charge is 0.0749 e. The Bertz CT molecular complexity index is 463. The number of fused-ring (bicyclic) bond motifs is 1. The van der Waals surface area contributed by atoms with Crippen LogP contribution in [0.15, 0.2) is 18.3 Å². The van der Waals surface area contributed by atoms with Gasteiger partial charge >= 0.3 is 0 Å². The standard InChI is InChI=1S/C11H9ClN/c1-7-3-4-9-10(12)5-6-13-11(9)8(7)2/h3-4,6H,1-2H3. The number of halogens is 1. The molecule has 13 heavy (non-hydrogen) atoms. The summed E-state index contributed by atoms with van der Waals surface area (Å²) in [5, 5.41) is 1.63. The number of pyridine rings is 1. The van der Waals surface area contributed by atoms with Crippen molar-refractivity contribution in [1.29, 1.82) is 0 Å². The maximum atomic E-state index is 5.99. The second-order valence-corrected chi connectivity index (χ2v) is 3.50. The van der Waals surface area contributed by atoms with Crippen molar-refractivity contribution in [3.63, 3.8) is 0 Å². The minimum absolute atomic E-state index is 0.646. The Morgan fingerprint density at radius 3 is 2.85 bits per heavy atom. The van der Waals surface area contributed by atoms with Gasteiger partial charge in [-0.2, -0.15) is 0 Å². The van der Waals surface area contributed by atoms with Gasteiger partial charge in [0.2, 0.25) is 0 Å². The molecule has 2 heteroatoms. The van der Waals surface area contributed by atoms with Gasteiger partial charge in [-0.3, -0.25) is 4.98 Å². The SMILES string of the molecule is Cc1ccc2c(Cl)[c]cnc2c1C. The van der Waals surface area contributed by atoms with Crippen molar-refractivity contribution in [2.45, 2.75) is 13.8 Å². The van der Waals surface area contributed by atoms with Crippen LogP contribution in [0, 0.1) is 19.9 Å². The summed E-state index contributed by atoms with van der Waals surface area (Å²) >= 11 is 5.99. The molecule has 65 valence electrons. The predicted octanol–water partition coefficient (Wildman–Crippen LogP) is 3.31. The summed E-state index contributed by atoms with van der Waals surface area (Å²) in [5.74, 6) is 0. The molecule has 1 aromatic heterocycles. The molecular weight excluding hydrogens is 182 g/mol. The van der Waals surface area contributed by atoms with Gasteiger partial charge in [0.25, 0.3) is 0 Å². The predicted molar refractivity (Wildman–Crippen MR) is 55.1 cm³/mol. The molecule has 0 unspecified atom stereocenters. The number of benzene rings is 1. The molecule has 0 atom stereocenters. The monoisotopic (exact) mass is 190 g/mol. The third-order valence-electron chi connectivity index (χ3n) is 2.32. The van der Waals surface area contributed by atoms with Gasteiger partial charge in [-0.05, 0) is 25.0 Å². The topological polar surface area (TPSA) is 12.9 Å². The van der Waals surface area contributed by atoms with Gasteiger partial charge in [-0.1, -0.05) is 23.7 Å². The molecule has 0 aliphatic carbocycles. The summed E-state index contributed by atoms with van der Waals surface area (Å²) in [6.07, 6.45) is 1.62. The van der Waals surface area contributed by atoms with E-state index >= 15 is 0 Å². The molecule has 1 radical (unpaired) electrons. The van der Waals surface area contributed by atoms with E-state index in [0.29, 0.717) is 5.02 Å². The minimum Gasteiger partial charge on any atom is -0.255 e. The number of hydrogen-bond donors (Lipinski definition) is 0. The highest BCUT2D eigenvalue weighted by Gasteiger charge is 2.03. The Morgan fingerprint density at radius 1 is 1.31 bits per heavy atom.